The van der Waals surface area contributed by atoms with Crippen molar-refractivity contribution in [2.75, 3.05) is 11.9 Å². The highest BCUT2D eigenvalue weighted by molar-refractivity contribution is 6.39. The van der Waals surface area contributed by atoms with Crippen LogP contribution in [0, 0.1) is 12.3 Å². The molecule has 0 saturated heterocycles. The molecule has 0 bridgehead atoms. The van der Waals surface area contributed by atoms with Crippen LogP contribution < -0.4 is 10.6 Å². The third-order valence-electron chi connectivity index (χ3n) is 3.21. The summed E-state index contributed by atoms with van der Waals surface area (Å²) in [5.74, 6) is 0.716. The Morgan fingerprint density at radius 1 is 1.17 bits per heavy atom. The topological polar surface area (TPSA) is 78.4 Å². The van der Waals surface area contributed by atoms with E-state index in [2.05, 4.69) is 16.6 Å². The summed E-state index contributed by atoms with van der Waals surface area (Å²) in [4.78, 5) is 23.7. The molecule has 2 amide bonds. The van der Waals surface area contributed by atoms with Crippen LogP contribution in [0.15, 0.2) is 48.5 Å². The number of anilines is 1. The van der Waals surface area contributed by atoms with E-state index < -0.39 is 17.9 Å². The van der Waals surface area contributed by atoms with Gasteiger partial charge in [-0.25, -0.2) is 0 Å². The summed E-state index contributed by atoms with van der Waals surface area (Å²) < 4.78 is 0. The fourth-order valence-electron chi connectivity index (χ4n) is 2.00. The third-order valence-corrected chi connectivity index (χ3v) is 3.56. The lowest BCUT2D eigenvalue weighted by molar-refractivity contribution is -0.136. The van der Waals surface area contributed by atoms with Crippen molar-refractivity contribution >= 4 is 29.1 Å². The van der Waals surface area contributed by atoms with Crippen molar-refractivity contribution in [2.45, 2.75) is 6.10 Å². The first-order chi connectivity index (χ1) is 11.5. The van der Waals surface area contributed by atoms with E-state index in [9.17, 15) is 14.7 Å². The van der Waals surface area contributed by atoms with E-state index in [1.807, 2.05) is 0 Å². The zero-order chi connectivity index (χ0) is 17.5. The molecule has 0 saturated carbocycles. The molecule has 2 rings (SSSR count). The number of hydrogen-bond acceptors (Lipinski definition) is 3. The van der Waals surface area contributed by atoms with Gasteiger partial charge in [-0.15, -0.1) is 6.42 Å². The van der Waals surface area contributed by atoms with E-state index in [1.165, 1.54) is 0 Å². The first kappa shape index (κ1) is 17.5. The molecule has 5 nitrogen and oxygen atoms in total. The van der Waals surface area contributed by atoms with Crippen LogP contribution in [0.4, 0.5) is 5.69 Å². The minimum Gasteiger partial charge on any atom is -0.387 e. The van der Waals surface area contributed by atoms with Crippen LogP contribution in [-0.2, 0) is 9.59 Å². The average molecular weight is 343 g/mol. The fourth-order valence-corrected chi connectivity index (χ4v) is 2.26. The zero-order valence-electron chi connectivity index (χ0n) is 12.6. The zero-order valence-corrected chi connectivity index (χ0v) is 13.4. The standard InChI is InChI=1S/C18H15ClN2O3/c1-2-12-6-5-7-13(10-12)21-18(24)17(23)20-11-16(22)14-8-3-4-9-15(14)19/h1,3-10,16,22H,11H2,(H,20,23)(H,21,24)/t16-/m0/s1. The Morgan fingerprint density at radius 2 is 1.92 bits per heavy atom. The Kier molecular flexibility index (Phi) is 5.96. The van der Waals surface area contributed by atoms with Crippen LogP contribution in [-0.4, -0.2) is 23.5 Å². The lowest BCUT2D eigenvalue weighted by Gasteiger charge is -2.13. The lowest BCUT2D eigenvalue weighted by Crippen LogP contribution is -2.37. The number of rotatable bonds is 4. The Labute approximate surface area is 144 Å². The van der Waals surface area contributed by atoms with Crippen molar-refractivity contribution < 1.29 is 14.7 Å². The highest BCUT2D eigenvalue weighted by atomic mass is 35.5. The number of benzene rings is 2. The molecule has 1 atom stereocenters. The Hall–Kier alpha value is -2.81. The van der Waals surface area contributed by atoms with Crippen LogP contribution in [0.2, 0.25) is 5.02 Å². The number of terminal acetylenes is 1. The summed E-state index contributed by atoms with van der Waals surface area (Å²) in [6.45, 7) is -0.139. The molecule has 0 radical (unpaired) electrons. The number of halogens is 1. The van der Waals surface area contributed by atoms with Crippen molar-refractivity contribution in [3.05, 3.63) is 64.7 Å². The average Bonchev–Trinajstić information content (AvgIpc) is 2.59. The molecule has 0 aromatic heterocycles. The van der Waals surface area contributed by atoms with Crippen molar-refractivity contribution in [3.8, 4) is 12.3 Å². The third kappa shape index (κ3) is 4.59. The van der Waals surface area contributed by atoms with E-state index >= 15 is 0 Å². The highest BCUT2D eigenvalue weighted by Crippen LogP contribution is 2.21. The molecular formula is C18H15ClN2O3. The minimum atomic E-state index is -1.01. The second-order valence-electron chi connectivity index (χ2n) is 4.93. The summed E-state index contributed by atoms with van der Waals surface area (Å²) >= 11 is 5.96. The van der Waals surface area contributed by atoms with Gasteiger partial charge in [0, 0.05) is 28.4 Å². The van der Waals surface area contributed by atoms with Crippen LogP contribution in [0.5, 0.6) is 0 Å². The van der Waals surface area contributed by atoms with Gasteiger partial charge >= 0.3 is 11.8 Å². The van der Waals surface area contributed by atoms with Crippen molar-refractivity contribution in [2.24, 2.45) is 0 Å². The van der Waals surface area contributed by atoms with Crippen LogP contribution in [0.1, 0.15) is 17.2 Å². The maximum absolute atomic E-state index is 11.8. The van der Waals surface area contributed by atoms with Gasteiger partial charge in [-0.1, -0.05) is 41.8 Å². The molecule has 24 heavy (non-hydrogen) atoms. The molecule has 0 aliphatic carbocycles. The largest absolute Gasteiger partial charge is 0.387 e. The Morgan fingerprint density at radius 3 is 2.62 bits per heavy atom. The van der Waals surface area contributed by atoms with Gasteiger partial charge in [-0.3, -0.25) is 9.59 Å². The molecule has 0 unspecified atom stereocenters. The van der Waals surface area contributed by atoms with Gasteiger partial charge < -0.3 is 15.7 Å². The molecule has 0 aliphatic rings. The molecule has 3 N–H and O–H groups in total. The SMILES string of the molecule is C#Cc1cccc(NC(=O)C(=O)NC[C@H](O)c2ccccc2Cl)c1. The molecule has 6 heteroatoms. The number of amides is 2. The quantitative estimate of drug-likeness (QED) is 0.588. The van der Waals surface area contributed by atoms with Gasteiger partial charge in [-0.05, 0) is 24.3 Å². The molecular weight excluding hydrogens is 328 g/mol. The molecule has 0 spiro atoms. The van der Waals surface area contributed by atoms with E-state index in [1.54, 1.807) is 48.5 Å². The molecule has 122 valence electrons. The number of aliphatic hydroxyl groups excluding tert-OH is 1. The molecule has 0 heterocycles. The van der Waals surface area contributed by atoms with E-state index in [-0.39, 0.29) is 6.54 Å². The summed E-state index contributed by atoms with van der Waals surface area (Å²) in [5.41, 5.74) is 1.47. The van der Waals surface area contributed by atoms with Gasteiger partial charge in [-0.2, -0.15) is 0 Å². The predicted octanol–water partition coefficient (Wildman–Crippen LogP) is 2.11. The number of aliphatic hydroxyl groups is 1. The van der Waals surface area contributed by atoms with Gasteiger partial charge in [0.1, 0.15) is 0 Å². The normalized spacial score (nSPS) is 11.2. The molecule has 2 aromatic rings. The molecule has 0 fully saturated rings. The van der Waals surface area contributed by atoms with E-state index in [4.69, 9.17) is 18.0 Å². The summed E-state index contributed by atoms with van der Waals surface area (Å²) in [7, 11) is 0. The second kappa shape index (κ2) is 8.16. The maximum Gasteiger partial charge on any atom is 0.313 e. The van der Waals surface area contributed by atoms with Crippen molar-refractivity contribution in [1.29, 1.82) is 0 Å². The van der Waals surface area contributed by atoms with Gasteiger partial charge in [0.25, 0.3) is 0 Å². The Bertz CT molecular complexity index is 799. The van der Waals surface area contributed by atoms with Gasteiger partial charge in [0.15, 0.2) is 0 Å². The summed E-state index contributed by atoms with van der Waals surface area (Å²) in [5, 5.41) is 15.2. The number of nitrogens with one attached hydrogen (secondary N) is 2. The number of hydrogen-bond donors (Lipinski definition) is 3. The minimum absolute atomic E-state index is 0.139. The van der Waals surface area contributed by atoms with Crippen molar-refractivity contribution in [3.63, 3.8) is 0 Å². The smallest absolute Gasteiger partial charge is 0.313 e. The Balaban J connectivity index is 1.91. The van der Waals surface area contributed by atoms with Crippen LogP contribution in [0.25, 0.3) is 0 Å². The first-order valence-corrected chi connectivity index (χ1v) is 7.47. The van der Waals surface area contributed by atoms with Crippen LogP contribution in [0.3, 0.4) is 0 Å². The number of carbonyl (C=O) groups is 2. The summed E-state index contributed by atoms with van der Waals surface area (Å²) in [6, 6.07) is 13.3. The second-order valence-corrected chi connectivity index (χ2v) is 5.33. The maximum atomic E-state index is 11.8. The lowest BCUT2D eigenvalue weighted by atomic mass is 10.1. The molecule has 0 aliphatic heterocycles. The summed E-state index contributed by atoms with van der Waals surface area (Å²) in [6.07, 6.45) is 4.26. The van der Waals surface area contributed by atoms with Gasteiger partial charge in [0.2, 0.25) is 0 Å². The van der Waals surface area contributed by atoms with Gasteiger partial charge in [0.05, 0.1) is 6.10 Å². The fraction of sp³-hybridized carbons (Fsp3) is 0.111. The highest BCUT2D eigenvalue weighted by Gasteiger charge is 2.17. The first-order valence-electron chi connectivity index (χ1n) is 7.09. The van der Waals surface area contributed by atoms with Crippen LogP contribution >= 0.6 is 11.6 Å². The van der Waals surface area contributed by atoms with E-state index in [0.29, 0.717) is 21.8 Å². The number of carbonyl (C=O) groups excluding carboxylic acids is 2. The predicted molar refractivity (Wildman–Crippen MR) is 92.4 cm³/mol. The monoisotopic (exact) mass is 342 g/mol. The van der Waals surface area contributed by atoms with E-state index in [0.717, 1.165) is 0 Å². The van der Waals surface area contributed by atoms with Crippen molar-refractivity contribution in [1.82, 2.24) is 5.32 Å². The molecule has 2 aromatic carbocycles.